The van der Waals surface area contributed by atoms with Crippen molar-refractivity contribution in [1.82, 2.24) is 10.2 Å². The first-order valence-electron chi connectivity index (χ1n) is 11.5. The molecule has 1 amide bonds. The second kappa shape index (κ2) is 12.2. The summed E-state index contributed by atoms with van der Waals surface area (Å²) < 4.78 is 11.0. The highest BCUT2D eigenvalue weighted by Gasteiger charge is 2.30. The van der Waals surface area contributed by atoms with Crippen molar-refractivity contribution in [3.63, 3.8) is 0 Å². The van der Waals surface area contributed by atoms with Gasteiger partial charge in [0.15, 0.2) is 0 Å². The fraction of sp³-hybridized carbons (Fsp3) is 0.423. The van der Waals surface area contributed by atoms with Crippen molar-refractivity contribution in [2.45, 2.75) is 25.3 Å². The van der Waals surface area contributed by atoms with E-state index in [9.17, 15) is 14.7 Å². The lowest BCUT2D eigenvalue weighted by molar-refractivity contribution is -0.141. The summed E-state index contributed by atoms with van der Waals surface area (Å²) in [6.45, 7) is 1.68. The Balaban J connectivity index is 1.75. The average molecular weight is 484 g/mol. The maximum Gasteiger partial charge on any atom is 0.326 e. The van der Waals surface area contributed by atoms with Crippen molar-refractivity contribution in [3.8, 4) is 22.6 Å². The number of likely N-dealkylation sites (tertiary alicyclic amines) is 1. The molecule has 2 aromatic carbocycles. The molecule has 1 heterocycles. The number of nitrogens with zero attached hydrogens (tertiary/aromatic N) is 2. The molecule has 0 spiro atoms. The van der Waals surface area contributed by atoms with Crippen LogP contribution in [0.15, 0.2) is 47.6 Å². The highest BCUT2D eigenvalue weighted by atomic mass is 16.6. The lowest BCUT2D eigenvalue weighted by Crippen LogP contribution is -2.48. The van der Waals surface area contributed by atoms with Gasteiger partial charge in [0.2, 0.25) is 0 Å². The van der Waals surface area contributed by atoms with Gasteiger partial charge in [0.05, 0.1) is 19.8 Å². The van der Waals surface area contributed by atoms with E-state index in [1.54, 1.807) is 14.2 Å². The molecule has 1 aliphatic rings. The Morgan fingerprint density at radius 2 is 1.66 bits per heavy atom. The topological polar surface area (TPSA) is 110 Å². The molecule has 188 valence electrons. The zero-order valence-electron chi connectivity index (χ0n) is 20.6. The lowest BCUT2D eigenvalue weighted by Gasteiger charge is -2.29. The molecule has 0 unspecified atom stereocenters. The summed E-state index contributed by atoms with van der Waals surface area (Å²) in [5.41, 5.74) is 2.69. The molecule has 0 aromatic heterocycles. The molecule has 0 radical (unpaired) electrons. The molecule has 0 bridgehead atoms. The number of carbonyl (C=O) groups is 2. The molecule has 2 aromatic rings. The fourth-order valence-corrected chi connectivity index (χ4v) is 4.29. The van der Waals surface area contributed by atoms with Gasteiger partial charge in [-0.15, -0.1) is 0 Å². The first-order chi connectivity index (χ1) is 16.9. The van der Waals surface area contributed by atoms with E-state index in [0.717, 1.165) is 42.6 Å². The average Bonchev–Trinajstić information content (AvgIpc) is 2.87. The molecular formula is C26H33N3O6. The number of carbonyl (C=O) groups excluding carboxylic acids is 1. The van der Waals surface area contributed by atoms with Gasteiger partial charge in [0.25, 0.3) is 5.91 Å². The van der Waals surface area contributed by atoms with Crippen LogP contribution in [0.4, 0.5) is 0 Å². The fourth-order valence-electron chi connectivity index (χ4n) is 4.29. The zero-order valence-corrected chi connectivity index (χ0v) is 20.6. The van der Waals surface area contributed by atoms with Gasteiger partial charge in [0, 0.05) is 12.3 Å². The summed E-state index contributed by atoms with van der Waals surface area (Å²) in [5, 5.41) is 16.4. The van der Waals surface area contributed by atoms with Crippen LogP contribution in [0.2, 0.25) is 0 Å². The van der Waals surface area contributed by atoms with E-state index in [1.807, 2.05) is 49.5 Å². The van der Waals surface area contributed by atoms with E-state index in [1.165, 1.54) is 7.11 Å². The Labute approximate surface area is 205 Å². The maximum atomic E-state index is 13.0. The maximum absolute atomic E-state index is 13.0. The quantitative estimate of drug-likeness (QED) is 0.395. The van der Waals surface area contributed by atoms with E-state index in [0.29, 0.717) is 11.5 Å². The van der Waals surface area contributed by atoms with Gasteiger partial charge in [0.1, 0.15) is 30.4 Å². The van der Waals surface area contributed by atoms with Gasteiger partial charge < -0.3 is 29.6 Å². The van der Waals surface area contributed by atoms with Gasteiger partial charge >= 0.3 is 5.97 Å². The molecule has 1 atom stereocenters. The lowest BCUT2D eigenvalue weighted by atomic mass is 9.91. The number of oxime groups is 1. The SMILES string of the molecule is CON=C(C(=O)N[C@@H](Cc1ccc(-c2c(OC)cccc2OC)cc1)C(=O)O)C1CCN(C)CC1. The molecule has 9 heteroatoms. The molecule has 1 fully saturated rings. The summed E-state index contributed by atoms with van der Waals surface area (Å²) in [5.74, 6) is -0.354. The smallest absolute Gasteiger partial charge is 0.326 e. The summed E-state index contributed by atoms with van der Waals surface area (Å²) in [4.78, 5) is 32.0. The van der Waals surface area contributed by atoms with E-state index < -0.39 is 17.9 Å². The van der Waals surface area contributed by atoms with Crippen LogP contribution in [-0.2, 0) is 20.8 Å². The summed E-state index contributed by atoms with van der Waals surface area (Å²) in [6.07, 6.45) is 1.65. The second-order valence-electron chi connectivity index (χ2n) is 8.54. The molecule has 3 rings (SSSR count). The highest BCUT2D eigenvalue weighted by Crippen LogP contribution is 2.38. The van der Waals surface area contributed by atoms with E-state index in [-0.39, 0.29) is 18.1 Å². The van der Waals surface area contributed by atoms with Crippen molar-refractivity contribution < 1.29 is 29.0 Å². The Morgan fingerprint density at radius 1 is 1.06 bits per heavy atom. The van der Waals surface area contributed by atoms with Crippen LogP contribution in [0.5, 0.6) is 11.5 Å². The van der Waals surface area contributed by atoms with Gasteiger partial charge in [-0.25, -0.2) is 4.79 Å². The highest BCUT2D eigenvalue weighted by molar-refractivity contribution is 6.39. The number of piperidine rings is 1. The number of methoxy groups -OCH3 is 2. The summed E-state index contributed by atoms with van der Waals surface area (Å²) >= 11 is 0. The van der Waals surface area contributed by atoms with Gasteiger partial charge in [-0.2, -0.15) is 0 Å². The van der Waals surface area contributed by atoms with Crippen LogP contribution in [-0.4, -0.2) is 75.1 Å². The van der Waals surface area contributed by atoms with Crippen LogP contribution in [0.1, 0.15) is 18.4 Å². The number of carboxylic acid groups (broad SMARTS) is 1. The predicted octanol–water partition coefficient (Wildman–Crippen LogP) is 2.83. The number of hydrogen-bond acceptors (Lipinski definition) is 7. The molecule has 1 aliphatic heterocycles. The number of amides is 1. The molecule has 0 aliphatic carbocycles. The summed E-state index contributed by atoms with van der Waals surface area (Å²) in [6, 6.07) is 11.9. The number of aliphatic carboxylic acids is 1. The van der Waals surface area contributed by atoms with Crippen LogP contribution in [0.3, 0.4) is 0 Å². The number of benzene rings is 2. The van der Waals surface area contributed by atoms with Crippen molar-refractivity contribution in [1.29, 1.82) is 0 Å². The van der Waals surface area contributed by atoms with Gasteiger partial charge in [-0.1, -0.05) is 35.5 Å². The van der Waals surface area contributed by atoms with Crippen LogP contribution in [0, 0.1) is 5.92 Å². The third-order valence-electron chi connectivity index (χ3n) is 6.24. The Morgan fingerprint density at radius 3 is 2.17 bits per heavy atom. The molecule has 1 saturated heterocycles. The molecule has 35 heavy (non-hydrogen) atoms. The molecule has 0 saturated carbocycles. The minimum atomic E-state index is -1.12. The van der Waals surface area contributed by atoms with Crippen LogP contribution >= 0.6 is 0 Å². The molecule has 2 N–H and O–H groups in total. The Hall–Kier alpha value is -3.59. The zero-order chi connectivity index (χ0) is 25.4. The Bertz CT molecular complexity index is 1020. The minimum absolute atomic E-state index is 0.0734. The third-order valence-corrected chi connectivity index (χ3v) is 6.24. The van der Waals surface area contributed by atoms with Crippen molar-refractivity contribution in [2.75, 3.05) is 41.5 Å². The normalized spacial score (nSPS) is 15.8. The standard InChI is InChI=1S/C26H33N3O6/c1-29-14-12-19(13-15-29)24(28-35-4)25(30)27-20(26(31)32)16-17-8-10-18(11-9-17)23-21(33-2)6-5-7-22(23)34-3/h5-11,19-20H,12-16H2,1-4H3,(H,27,30)(H,31,32)/t20-/m0/s1. The van der Waals surface area contributed by atoms with Crippen LogP contribution < -0.4 is 14.8 Å². The molecular weight excluding hydrogens is 450 g/mol. The Kier molecular flexibility index (Phi) is 9.08. The van der Waals surface area contributed by atoms with Crippen molar-refractivity contribution in [3.05, 3.63) is 48.0 Å². The van der Waals surface area contributed by atoms with E-state index in [2.05, 4.69) is 15.4 Å². The van der Waals surface area contributed by atoms with Crippen LogP contribution in [0.25, 0.3) is 11.1 Å². The molecule has 9 nitrogen and oxygen atoms in total. The second-order valence-corrected chi connectivity index (χ2v) is 8.54. The number of ether oxygens (including phenoxy) is 2. The van der Waals surface area contributed by atoms with E-state index in [4.69, 9.17) is 14.3 Å². The number of carboxylic acids is 1. The predicted molar refractivity (Wildman–Crippen MR) is 133 cm³/mol. The third kappa shape index (κ3) is 6.51. The largest absolute Gasteiger partial charge is 0.496 e. The first kappa shape index (κ1) is 26.0. The van der Waals surface area contributed by atoms with E-state index >= 15 is 0 Å². The first-order valence-corrected chi connectivity index (χ1v) is 11.5. The van der Waals surface area contributed by atoms with Gasteiger partial charge in [-0.3, -0.25) is 4.79 Å². The number of hydrogen-bond donors (Lipinski definition) is 2. The monoisotopic (exact) mass is 483 g/mol. The van der Waals surface area contributed by atoms with Gasteiger partial charge in [-0.05, 0) is 56.2 Å². The summed E-state index contributed by atoms with van der Waals surface area (Å²) in [7, 11) is 6.60. The number of rotatable bonds is 10. The number of nitrogens with one attached hydrogen (secondary N) is 1. The minimum Gasteiger partial charge on any atom is -0.496 e. The van der Waals surface area contributed by atoms with Crippen molar-refractivity contribution in [2.24, 2.45) is 11.1 Å². The van der Waals surface area contributed by atoms with Crippen molar-refractivity contribution >= 4 is 17.6 Å².